The number of carbonyl (C=O) groups is 2. The zero-order valence-corrected chi connectivity index (χ0v) is 12.4. The van der Waals surface area contributed by atoms with Crippen LogP contribution >= 0.6 is 0 Å². The summed E-state index contributed by atoms with van der Waals surface area (Å²) in [5.41, 5.74) is 3.47. The first-order valence-electron chi connectivity index (χ1n) is 7.37. The van der Waals surface area contributed by atoms with Crippen molar-refractivity contribution in [3.05, 3.63) is 70.8 Å². The van der Waals surface area contributed by atoms with Crippen molar-refractivity contribution in [2.24, 2.45) is 0 Å². The van der Waals surface area contributed by atoms with Crippen molar-refractivity contribution in [3.63, 3.8) is 0 Å². The van der Waals surface area contributed by atoms with Gasteiger partial charge in [-0.3, -0.25) is 9.59 Å². The summed E-state index contributed by atoms with van der Waals surface area (Å²) in [6.45, 7) is 3.04. The van der Waals surface area contributed by atoms with Gasteiger partial charge in [0.15, 0.2) is 0 Å². The Hall–Kier alpha value is -2.62. The van der Waals surface area contributed by atoms with Crippen LogP contribution in [0.1, 0.15) is 37.8 Å². The molecule has 1 aliphatic rings. The van der Waals surface area contributed by atoms with Gasteiger partial charge in [0.25, 0.3) is 11.8 Å². The van der Waals surface area contributed by atoms with E-state index in [1.165, 1.54) is 0 Å². The topological polar surface area (TPSA) is 58.2 Å². The Balaban J connectivity index is 1.69. The second kappa shape index (κ2) is 6.02. The molecule has 2 N–H and O–H groups in total. The lowest BCUT2D eigenvalue weighted by Crippen LogP contribution is -2.40. The molecule has 2 aromatic carbocycles. The molecule has 4 nitrogen and oxygen atoms in total. The Labute approximate surface area is 129 Å². The fourth-order valence-corrected chi connectivity index (χ4v) is 2.69. The number of amides is 2. The van der Waals surface area contributed by atoms with Crippen LogP contribution in [0, 0.1) is 6.92 Å². The summed E-state index contributed by atoms with van der Waals surface area (Å²) in [6, 6.07) is 15.0. The molecule has 0 aliphatic carbocycles. The molecule has 1 atom stereocenters. The van der Waals surface area contributed by atoms with E-state index in [0.29, 0.717) is 24.2 Å². The molecule has 2 aromatic rings. The molecular weight excluding hydrogens is 276 g/mol. The number of nitrogens with one attached hydrogen (secondary N) is 2. The number of carbonyl (C=O) groups excluding carboxylic acids is 2. The Morgan fingerprint density at radius 3 is 2.68 bits per heavy atom. The van der Waals surface area contributed by atoms with Crippen molar-refractivity contribution >= 4 is 11.8 Å². The second-order valence-electron chi connectivity index (χ2n) is 5.57. The van der Waals surface area contributed by atoms with Gasteiger partial charge in [-0.25, -0.2) is 0 Å². The molecule has 0 aromatic heterocycles. The highest BCUT2D eigenvalue weighted by atomic mass is 16.2. The van der Waals surface area contributed by atoms with Gasteiger partial charge in [0.05, 0.1) is 0 Å². The van der Waals surface area contributed by atoms with Gasteiger partial charge >= 0.3 is 0 Å². The first-order chi connectivity index (χ1) is 10.6. The summed E-state index contributed by atoms with van der Waals surface area (Å²) in [4.78, 5) is 24.0. The van der Waals surface area contributed by atoms with Crippen LogP contribution in [0.3, 0.4) is 0 Å². The third kappa shape index (κ3) is 2.86. The quantitative estimate of drug-likeness (QED) is 0.912. The largest absolute Gasteiger partial charge is 0.351 e. The van der Waals surface area contributed by atoms with Crippen LogP contribution in [0.4, 0.5) is 0 Å². The van der Waals surface area contributed by atoms with E-state index >= 15 is 0 Å². The number of fused-ring (bicyclic) bond motifs is 1. The molecular formula is C18H18N2O2. The molecule has 0 bridgehead atoms. The average molecular weight is 294 g/mol. The highest BCUT2D eigenvalue weighted by molar-refractivity contribution is 5.97. The average Bonchev–Trinajstić information content (AvgIpc) is 2.55. The van der Waals surface area contributed by atoms with E-state index in [1.807, 2.05) is 55.5 Å². The van der Waals surface area contributed by atoms with Gasteiger partial charge in [0.2, 0.25) is 0 Å². The Morgan fingerprint density at radius 1 is 1.18 bits per heavy atom. The van der Waals surface area contributed by atoms with Crippen molar-refractivity contribution in [2.45, 2.75) is 12.8 Å². The monoisotopic (exact) mass is 294 g/mol. The zero-order valence-electron chi connectivity index (χ0n) is 12.4. The molecule has 1 heterocycles. The van der Waals surface area contributed by atoms with Crippen LogP contribution < -0.4 is 10.6 Å². The molecule has 0 saturated heterocycles. The predicted molar refractivity (Wildman–Crippen MR) is 85.0 cm³/mol. The van der Waals surface area contributed by atoms with Crippen LogP contribution in [0.5, 0.6) is 0 Å². The van der Waals surface area contributed by atoms with Crippen molar-refractivity contribution in [3.8, 4) is 0 Å². The molecule has 0 spiro atoms. The van der Waals surface area contributed by atoms with Crippen molar-refractivity contribution in [1.82, 2.24) is 10.6 Å². The van der Waals surface area contributed by atoms with Crippen LogP contribution in [-0.2, 0) is 0 Å². The summed E-state index contributed by atoms with van der Waals surface area (Å²) in [5, 5.41) is 5.82. The van der Waals surface area contributed by atoms with Gasteiger partial charge in [0.1, 0.15) is 0 Å². The van der Waals surface area contributed by atoms with E-state index in [9.17, 15) is 9.59 Å². The van der Waals surface area contributed by atoms with Gasteiger partial charge in [-0.15, -0.1) is 0 Å². The maximum atomic E-state index is 12.2. The number of benzene rings is 2. The molecule has 0 fully saturated rings. The van der Waals surface area contributed by atoms with Gasteiger partial charge in [-0.2, -0.15) is 0 Å². The predicted octanol–water partition coefficient (Wildman–Crippen LogP) is 2.25. The van der Waals surface area contributed by atoms with Gasteiger partial charge in [-0.1, -0.05) is 35.9 Å². The third-order valence-corrected chi connectivity index (χ3v) is 3.98. The Kier molecular flexibility index (Phi) is 3.92. The summed E-state index contributed by atoms with van der Waals surface area (Å²) < 4.78 is 0. The number of rotatable bonds is 3. The highest BCUT2D eigenvalue weighted by Crippen LogP contribution is 2.23. The highest BCUT2D eigenvalue weighted by Gasteiger charge is 2.24. The normalized spacial score (nSPS) is 16.6. The molecule has 22 heavy (non-hydrogen) atoms. The van der Waals surface area contributed by atoms with Crippen LogP contribution in [0.25, 0.3) is 0 Å². The smallest absolute Gasteiger partial charge is 0.251 e. The van der Waals surface area contributed by atoms with E-state index in [4.69, 9.17) is 0 Å². The fourth-order valence-electron chi connectivity index (χ4n) is 2.69. The first-order valence-corrected chi connectivity index (χ1v) is 7.37. The number of hydrogen-bond donors (Lipinski definition) is 2. The van der Waals surface area contributed by atoms with Crippen LogP contribution in [0.2, 0.25) is 0 Å². The minimum atomic E-state index is -0.0885. The van der Waals surface area contributed by atoms with Gasteiger partial charge in [0, 0.05) is 30.1 Å². The molecule has 0 radical (unpaired) electrons. The summed E-state index contributed by atoms with van der Waals surface area (Å²) in [5.74, 6) is -0.0330. The molecule has 0 saturated carbocycles. The standard InChI is InChI=1S/C18H18N2O2/c1-12-6-8-13(9-7-12)17(21)19-10-14-11-20-18(22)16-5-3-2-4-15(14)16/h2-9,14H,10-11H2,1H3,(H,19,21)(H,20,22). The molecule has 1 unspecified atom stereocenters. The maximum absolute atomic E-state index is 12.2. The Morgan fingerprint density at radius 2 is 1.91 bits per heavy atom. The lowest BCUT2D eigenvalue weighted by Gasteiger charge is -2.25. The van der Waals surface area contributed by atoms with Crippen LogP contribution in [-0.4, -0.2) is 24.9 Å². The number of aryl methyl sites for hydroxylation is 1. The van der Waals surface area contributed by atoms with E-state index in [-0.39, 0.29) is 17.7 Å². The Bertz CT molecular complexity index is 707. The van der Waals surface area contributed by atoms with E-state index in [2.05, 4.69) is 10.6 Å². The summed E-state index contributed by atoms with van der Waals surface area (Å²) in [6.07, 6.45) is 0. The number of hydrogen-bond acceptors (Lipinski definition) is 2. The van der Waals surface area contributed by atoms with Crippen molar-refractivity contribution in [2.75, 3.05) is 13.1 Å². The maximum Gasteiger partial charge on any atom is 0.251 e. The van der Waals surface area contributed by atoms with E-state index in [1.54, 1.807) is 0 Å². The molecule has 1 aliphatic heterocycles. The third-order valence-electron chi connectivity index (χ3n) is 3.98. The lowest BCUT2D eigenvalue weighted by atomic mass is 9.90. The summed E-state index contributed by atoms with van der Waals surface area (Å²) >= 11 is 0. The van der Waals surface area contributed by atoms with Crippen molar-refractivity contribution < 1.29 is 9.59 Å². The van der Waals surface area contributed by atoms with Crippen LogP contribution in [0.15, 0.2) is 48.5 Å². The van der Waals surface area contributed by atoms with E-state index in [0.717, 1.165) is 11.1 Å². The van der Waals surface area contributed by atoms with Crippen molar-refractivity contribution in [1.29, 1.82) is 0 Å². The van der Waals surface area contributed by atoms with Gasteiger partial charge < -0.3 is 10.6 Å². The minimum absolute atomic E-state index is 0.0447. The SMILES string of the molecule is Cc1ccc(C(=O)NCC2CNC(=O)c3ccccc32)cc1. The molecule has 2 amide bonds. The fraction of sp³-hybridized carbons (Fsp3) is 0.222. The molecule has 4 heteroatoms. The lowest BCUT2D eigenvalue weighted by molar-refractivity contribution is 0.0936. The second-order valence-corrected chi connectivity index (χ2v) is 5.57. The van der Waals surface area contributed by atoms with E-state index < -0.39 is 0 Å². The first kappa shape index (κ1) is 14.3. The zero-order chi connectivity index (χ0) is 15.5. The minimum Gasteiger partial charge on any atom is -0.351 e. The van der Waals surface area contributed by atoms with Gasteiger partial charge in [-0.05, 0) is 30.7 Å². The summed E-state index contributed by atoms with van der Waals surface area (Å²) in [7, 11) is 0. The molecule has 3 rings (SSSR count). The molecule has 112 valence electrons.